The van der Waals surface area contributed by atoms with E-state index in [0.29, 0.717) is 5.75 Å². The first kappa shape index (κ1) is 39.4. The van der Waals surface area contributed by atoms with Crippen molar-refractivity contribution in [3.63, 3.8) is 0 Å². The molecule has 292 valence electrons. The molecule has 5 aromatic rings. The Morgan fingerprint density at radius 2 is 1.51 bits per heavy atom. The molecule has 0 radical (unpaired) electrons. The van der Waals surface area contributed by atoms with E-state index in [2.05, 4.69) is 12.2 Å². The third-order valence-corrected chi connectivity index (χ3v) is 11.3. The van der Waals surface area contributed by atoms with Gasteiger partial charge in [-0.3, -0.25) is 14.5 Å². The minimum Gasteiger partial charge on any atom is -0.478 e. The van der Waals surface area contributed by atoms with E-state index in [4.69, 9.17) is 14.2 Å². The number of aliphatic hydroxyl groups is 1. The second-order valence-electron chi connectivity index (χ2n) is 14.0. The number of benzene rings is 5. The average molecular weight is 787 g/mol. The van der Waals surface area contributed by atoms with Crippen LogP contribution in [-0.4, -0.2) is 56.9 Å². The molecule has 2 fully saturated rings. The lowest BCUT2D eigenvalue weighted by atomic mass is 9.91. The fourth-order valence-electron chi connectivity index (χ4n) is 6.98. The molecule has 0 aliphatic carbocycles. The van der Waals surface area contributed by atoms with Crippen LogP contribution < -0.4 is 5.32 Å². The maximum atomic E-state index is 13.3. The number of thioether (sulfide) groups is 1. The number of alkyl carbamates (subject to hydrolysis) is 1. The van der Waals surface area contributed by atoms with E-state index in [1.165, 1.54) is 4.90 Å². The molecule has 0 bridgehead atoms. The number of aliphatic hydroxyl groups excluding tert-OH is 1. The molecule has 0 saturated carbocycles. The van der Waals surface area contributed by atoms with Crippen molar-refractivity contribution in [3.8, 4) is 11.1 Å². The molecule has 5 aromatic carbocycles. The molecule has 7 rings (SSSR count). The predicted octanol–water partition coefficient (Wildman–Crippen LogP) is 7.68. The van der Waals surface area contributed by atoms with Crippen LogP contribution in [0.4, 0.5) is 4.79 Å². The zero-order valence-corrected chi connectivity index (χ0v) is 32.0. The van der Waals surface area contributed by atoms with Gasteiger partial charge in [0.05, 0.1) is 37.3 Å². The first-order valence-electron chi connectivity index (χ1n) is 18.6. The van der Waals surface area contributed by atoms with E-state index < -0.39 is 30.3 Å². The minimum atomic E-state index is -1.01. The Balaban J connectivity index is 1.05. The third kappa shape index (κ3) is 9.44. The normalized spacial score (nSPS) is 20.7. The number of hydrogen-bond acceptors (Lipinski definition) is 9. The van der Waals surface area contributed by atoms with E-state index in [9.17, 15) is 29.4 Å². The number of nitrogens with one attached hydrogen (secondary N) is 1. The quantitative estimate of drug-likeness (QED) is 0.0801. The van der Waals surface area contributed by atoms with Crippen LogP contribution in [0, 0.1) is 5.92 Å². The summed E-state index contributed by atoms with van der Waals surface area (Å²) in [7, 11) is 0. The number of rotatable bonds is 13. The first-order chi connectivity index (χ1) is 27.7. The number of carboxylic acid groups (broad SMARTS) is 1. The van der Waals surface area contributed by atoms with Crippen molar-refractivity contribution in [3.05, 3.63) is 161 Å². The maximum Gasteiger partial charge on any atom is 0.408 e. The number of hydrogen-bond donors (Lipinski definition) is 3. The minimum absolute atomic E-state index is 0.0364. The molecule has 3 amide bonds. The summed E-state index contributed by atoms with van der Waals surface area (Å²) in [6.45, 7) is 2.11. The standard InChI is InChI=1S/C45H42N2O9S/c1-28-39(27-57-36-21-19-33(20-22-36)43(51)52)55-44(56-41(28)32-13-11-29(25-48)12-14-32)34-17-15-31(16-18-34)37-10-6-5-9-35(37)24-47-40(49)23-38(42(47)50)46-45(53)54-26-30-7-3-2-4-8-30/h2-22,28,38-39,41,44,48H,23-27H2,1H3,(H,46,53)(H,51,52)/t28-,38?,39+,41+,44+/m1/s1. The van der Waals surface area contributed by atoms with Crippen LogP contribution in [0.2, 0.25) is 0 Å². The molecule has 2 aliphatic heterocycles. The summed E-state index contributed by atoms with van der Waals surface area (Å²) in [4.78, 5) is 52.3. The van der Waals surface area contributed by atoms with Crippen molar-refractivity contribution in [1.82, 2.24) is 10.2 Å². The Morgan fingerprint density at radius 3 is 2.21 bits per heavy atom. The van der Waals surface area contributed by atoms with Crippen LogP contribution >= 0.6 is 11.8 Å². The number of carbonyl (C=O) groups excluding carboxylic acids is 3. The number of imide groups is 1. The van der Waals surface area contributed by atoms with Crippen LogP contribution in [0.25, 0.3) is 11.1 Å². The molecule has 2 heterocycles. The van der Waals surface area contributed by atoms with Gasteiger partial charge in [-0.15, -0.1) is 11.8 Å². The highest BCUT2D eigenvalue weighted by atomic mass is 32.2. The lowest BCUT2D eigenvalue weighted by Gasteiger charge is -2.41. The van der Waals surface area contributed by atoms with Crippen molar-refractivity contribution in [1.29, 1.82) is 0 Å². The number of ether oxygens (including phenoxy) is 3. The second kappa shape index (κ2) is 18.0. The second-order valence-corrected chi connectivity index (χ2v) is 15.1. The molecule has 2 aliphatic rings. The Kier molecular flexibility index (Phi) is 12.4. The molecule has 2 saturated heterocycles. The Morgan fingerprint density at radius 1 is 0.825 bits per heavy atom. The Hall–Kier alpha value is -5.79. The first-order valence-corrected chi connectivity index (χ1v) is 19.6. The molecule has 5 atom stereocenters. The summed E-state index contributed by atoms with van der Waals surface area (Å²) in [6.07, 6.45) is -2.15. The van der Waals surface area contributed by atoms with Gasteiger partial charge in [0.1, 0.15) is 12.6 Å². The van der Waals surface area contributed by atoms with E-state index >= 15 is 0 Å². The Labute approximate surface area is 334 Å². The number of amides is 3. The topological polar surface area (TPSA) is 152 Å². The average Bonchev–Trinajstić information content (AvgIpc) is 3.50. The van der Waals surface area contributed by atoms with Crippen LogP contribution in [0.5, 0.6) is 0 Å². The summed E-state index contributed by atoms with van der Waals surface area (Å²) in [6, 6.07) is 38.0. The van der Waals surface area contributed by atoms with E-state index in [0.717, 1.165) is 43.8 Å². The summed E-state index contributed by atoms with van der Waals surface area (Å²) in [5, 5.41) is 21.5. The molecule has 0 spiro atoms. The summed E-state index contributed by atoms with van der Waals surface area (Å²) >= 11 is 1.58. The molecular weight excluding hydrogens is 745 g/mol. The van der Waals surface area contributed by atoms with Gasteiger partial charge in [0.15, 0.2) is 6.29 Å². The fourth-order valence-corrected chi connectivity index (χ4v) is 8.05. The van der Waals surface area contributed by atoms with Crippen LogP contribution in [-0.2, 0) is 43.6 Å². The zero-order valence-electron chi connectivity index (χ0n) is 31.2. The highest BCUT2D eigenvalue weighted by Crippen LogP contribution is 2.43. The van der Waals surface area contributed by atoms with Gasteiger partial charge in [-0.25, -0.2) is 9.59 Å². The monoisotopic (exact) mass is 786 g/mol. The van der Waals surface area contributed by atoms with Gasteiger partial charge in [0.25, 0.3) is 5.91 Å². The van der Waals surface area contributed by atoms with Crippen LogP contribution in [0.3, 0.4) is 0 Å². The molecule has 1 unspecified atom stereocenters. The van der Waals surface area contributed by atoms with Crippen molar-refractivity contribution in [2.24, 2.45) is 5.92 Å². The molecule has 57 heavy (non-hydrogen) atoms. The van der Waals surface area contributed by atoms with Crippen molar-refractivity contribution >= 4 is 35.6 Å². The smallest absolute Gasteiger partial charge is 0.408 e. The summed E-state index contributed by atoms with van der Waals surface area (Å²) < 4.78 is 18.5. The van der Waals surface area contributed by atoms with Crippen molar-refractivity contribution in [2.45, 2.75) is 62.5 Å². The van der Waals surface area contributed by atoms with Crippen LogP contribution in [0.1, 0.15) is 63.9 Å². The Bertz CT molecular complexity index is 2200. The third-order valence-electron chi connectivity index (χ3n) is 10.2. The summed E-state index contributed by atoms with van der Waals surface area (Å²) in [5.74, 6) is -1.29. The van der Waals surface area contributed by atoms with Gasteiger partial charge in [-0.1, -0.05) is 110 Å². The lowest BCUT2D eigenvalue weighted by molar-refractivity contribution is -0.268. The van der Waals surface area contributed by atoms with Gasteiger partial charge in [-0.2, -0.15) is 0 Å². The highest BCUT2D eigenvalue weighted by Gasteiger charge is 2.40. The predicted molar refractivity (Wildman–Crippen MR) is 213 cm³/mol. The summed E-state index contributed by atoms with van der Waals surface area (Å²) in [5.41, 5.74) is 6.07. The van der Waals surface area contributed by atoms with E-state index in [-0.39, 0.29) is 55.8 Å². The van der Waals surface area contributed by atoms with Crippen molar-refractivity contribution in [2.75, 3.05) is 5.75 Å². The van der Waals surface area contributed by atoms with E-state index in [1.807, 2.05) is 103 Å². The number of likely N-dealkylation sites (tertiary alicyclic amines) is 1. The van der Waals surface area contributed by atoms with Crippen LogP contribution in [0.15, 0.2) is 132 Å². The molecule has 11 nitrogen and oxygen atoms in total. The number of carbonyl (C=O) groups is 4. The van der Waals surface area contributed by atoms with Gasteiger partial charge in [0.2, 0.25) is 5.91 Å². The molecule has 0 aromatic heterocycles. The lowest BCUT2D eigenvalue weighted by Crippen LogP contribution is -2.41. The van der Waals surface area contributed by atoms with Gasteiger partial charge < -0.3 is 29.7 Å². The zero-order chi connectivity index (χ0) is 39.9. The number of carboxylic acids is 1. The SMILES string of the molecule is C[C@@H]1[C@H](CSc2ccc(C(=O)O)cc2)O[C@H](c2ccc(-c3ccccc3CN3C(=O)CC(NC(=O)OCc4ccccc4)C3=O)cc2)O[C@@H]1c1ccc(CO)cc1. The fraction of sp³-hybridized carbons (Fsp3) is 0.244. The van der Waals surface area contributed by atoms with Gasteiger partial charge >= 0.3 is 12.1 Å². The number of nitrogens with zero attached hydrogens (tertiary/aromatic N) is 1. The number of aromatic carboxylic acids is 1. The van der Waals surface area contributed by atoms with E-state index in [1.54, 1.807) is 36.0 Å². The van der Waals surface area contributed by atoms with Crippen molar-refractivity contribution < 1.29 is 43.6 Å². The van der Waals surface area contributed by atoms with Gasteiger partial charge in [0, 0.05) is 22.1 Å². The molecular formula is C45H42N2O9S. The largest absolute Gasteiger partial charge is 0.478 e. The maximum absolute atomic E-state index is 13.3. The van der Waals surface area contributed by atoms with Gasteiger partial charge in [-0.05, 0) is 57.6 Å². The molecule has 3 N–H and O–H groups in total. The molecule has 12 heteroatoms. The highest BCUT2D eigenvalue weighted by molar-refractivity contribution is 7.99.